The predicted octanol–water partition coefficient (Wildman–Crippen LogP) is 5.04. The number of hydrogen-bond donors (Lipinski definition) is 0. The van der Waals surface area contributed by atoms with Gasteiger partial charge in [-0.25, -0.2) is 13.4 Å². The van der Waals surface area contributed by atoms with E-state index in [0.29, 0.717) is 42.0 Å². The van der Waals surface area contributed by atoms with Crippen LogP contribution in [0.25, 0.3) is 10.2 Å². The highest BCUT2D eigenvalue weighted by Crippen LogP contribution is 2.39. The first-order valence-electron chi connectivity index (χ1n) is 13.5. The number of ether oxygens (including phenoxy) is 2. The Morgan fingerprint density at radius 1 is 0.975 bits per heavy atom. The number of rotatable bonds is 9. The van der Waals surface area contributed by atoms with Gasteiger partial charge in [0.15, 0.2) is 16.6 Å². The van der Waals surface area contributed by atoms with Gasteiger partial charge in [0.05, 0.1) is 15.1 Å². The summed E-state index contributed by atoms with van der Waals surface area (Å²) in [4.78, 5) is 22.5. The number of halogens is 1. The molecule has 3 aromatic rings. The Morgan fingerprint density at radius 3 is 2.27 bits per heavy atom. The highest BCUT2D eigenvalue weighted by molar-refractivity contribution is 7.89. The molecule has 0 radical (unpaired) electrons. The van der Waals surface area contributed by atoms with E-state index in [-0.39, 0.29) is 29.3 Å². The van der Waals surface area contributed by atoms with E-state index in [2.05, 4.69) is 4.90 Å². The zero-order valence-corrected chi connectivity index (χ0v) is 25.6. The van der Waals surface area contributed by atoms with E-state index < -0.39 is 10.0 Å². The van der Waals surface area contributed by atoms with Gasteiger partial charge in [-0.05, 0) is 64.2 Å². The summed E-state index contributed by atoms with van der Waals surface area (Å²) in [6, 6.07) is 10.1. The molecule has 1 fully saturated rings. The van der Waals surface area contributed by atoms with E-state index in [4.69, 9.17) is 14.5 Å². The second-order valence-electron chi connectivity index (χ2n) is 10.4. The standard InChI is InChI=1S/C28H36N4O5S2.ClH/c1-30(2)14-7-15-32(28-29-23-18-24-25(19-26(23)38-28)37-17-16-36-24)27(33)20-10-12-22(13-11-20)39(34,35)31(3)21-8-5-4-6-9-21;/h10-13,18-19,21H,4-9,14-17H2,1-3H3;1H. The van der Waals surface area contributed by atoms with E-state index in [0.717, 1.165) is 55.3 Å². The minimum Gasteiger partial charge on any atom is -0.486 e. The normalized spacial score (nSPS) is 15.8. The summed E-state index contributed by atoms with van der Waals surface area (Å²) in [7, 11) is 2.03. The quantitative estimate of drug-likeness (QED) is 0.336. The first kappa shape index (κ1) is 30.5. The van der Waals surface area contributed by atoms with Crippen molar-refractivity contribution in [2.24, 2.45) is 0 Å². The van der Waals surface area contributed by atoms with Gasteiger partial charge in [0.2, 0.25) is 10.0 Å². The van der Waals surface area contributed by atoms with Gasteiger partial charge >= 0.3 is 0 Å². The second kappa shape index (κ2) is 13.0. The molecule has 0 saturated heterocycles. The summed E-state index contributed by atoms with van der Waals surface area (Å²) >= 11 is 1.43. The fraction of sp³-hybridized carbons (Fsp3) is 0.500. The van der Waals surface area contributed by atoms with Crippen molar-refractivity contribution in [1.29, 1.82) is 0 Å². The SMILES string of the molecule is CN(C)CCCN(C(=O)c1ccc(S(=O)(=O)N(C)C2CCCCC2)cc1)c1nc2cc3c(cc2s1)OCCO3.Cl. The fourth-order valence-electron chi connectivity index (χ4n) is 5.13. The lowest BCUT2D eigenvalue weighted by atomic mass is 9.96. The molecule has 2 aromatic carbocycles. The molecule has 218 valence electrons. The Kier molecular flexibility index (Phi) is 9.94. The number of carbonyl (C=O) groups excluding carboxylic acids is 1. The molecular weight excluding hydrogens is 572 g/mol. The third kappa shape index (κ3) is 6.54. The van der Waals surface area contributed by atoms with Crippen molar-refractivity contribution in [2.75, 3.05) is 52.3 Å². The number of nitrogens with zero attached hydrogens (tertiary/aromatic N) is 4. The van der Waals surface area contributed by atoms with E-state index in [1.54, 1.807) is 36.2 Å². The first-order chi connectivity index (χ1) is 18.7. The minimum absolute atomic E-state index is 0. The molecule has 1 saturated carbocycles. The molecule has 5 rings (SSSR count). The van der Waals surface area contributed by atoms with Crippen LogP contribution in [-0.4, -0.2) is 82.0 Å². The van der Waals surface area contributed by atoms with Gasteiger partial charge in [0, 0.05) is 37.3 Å². The van der Waals surface area contributed by atoms with Crippen molar-refractivity contribution in [3.05, 3.63) is 42.0 Å². The summed E-state index contributed by atoms with van der Waals surface area (Å²) in [5, 5.41) is 0.588. The minimum atomic E-state index is -3.63. The lowest BCUT2D eigenvalue weighted by Crippen LogP contribution is -2.38. The number of hydrogen-bond acceptors (Lipinski definition) is 8. The van der Waals surface area contributed by atoms with Crippen LogP contribution in [0.15, 0.2) is 41.3 Å². The Morgan fingerprint density at radius 2 is 1.62 bits per heavy atom. The molecule has 2 aliphatic rings. The maximum absolute atomic E-state index is 13.8. The maximum atomic E-state index is 13.8. The molecule has 40 heavy (non-hydrogen) atoms. The van der Waals surface area contributed by atoms with Crippen molar-refractivity contribution in [2.45, 2.75) is 49.5 Å². The number of carbonyl (C=O) groups is 1. The van der Waals surface area contributed by atoms with Crippen LogP contribution in [0.2, 0.25) is 0 Å². The van der Waals surface area contributed by atoms with Crippen molar-refractivity contribution in [1.82, 2.24) is 14.2 Å². The summed E-state index contributed by atoms with van der Waals surface area (Å²) in [5.74, 6) is 1.13. The predicted molar refractivity (Wildman–Crippen MR) is 161 cm³/mol. The third-order valence-corrected chi connectivity index (χ3v) is 10.3. The van der Waals surface area contributed by atoms with Crippen molar-refractivity contribution < 1.29 is 22.7 Å². The molecule has 9 nitrogen and oxygen atoms in total. The van der Waals surface area contributed by atoms with Gasteiger partial charge in [-0.3, -0.25) is 9.69 Å². The Hall–Kier alpha value is -2.44. The molecule has 0 bridgehead atoms. The molecule has 12 heteroatoms. The average molecular weight is 609 g/mol. The van der Waals surface area contributed by atoms with Crippen molar-refractivity contribution >= 4 is 55.0 Å². The molecule has 1 aliphatic heterocycles. The number of aromatic nitrogens is 1. The summed E-state index contributed by atoms with van der Waals surface area (Å²) in [5.41, 5.74) is 1.17. The average Bonchev–Trinajstić information content (AvgIpc) is 3.36. The van der Waals surface area contributed by atoms with Crippen LogP contribution >= 0.6 is 23.7 Å². The number of sulfonamides is 1. The van der Waals surface area contributed by atoms with Crippen molar-refractivity contribution in [3.63, 3.8) is 0 Å². The number of anilines is 1. The van der Waals surface area contributed by atoms with Crippen molar-refractivity contribution in [3.8, 4) is 11.5 Å². The van der Waals surface area contributed by atoms with Gasteiger partial charge in [-0.15, -0.1) is 12.4 Å². The zero-order valence-electron chi connectivity index (χ0n) is 23.2. The van der Waals surface area contributed by atoms with Crippen LogP contribution in [0, 0.1) is 0 Å². The van der Waals surface area contributed by atoms with Crippen LogP contribution in [-0.2, 0) is 10.0 Å². The number of fused-ring (bicyclic) bond motifs is 2. The summed E-state index contributed by atoms with van der Waals surface area (Å²) in [6.45, 7) is 2.29. The van der Waals surface area contributed by atoms with Gasteiger partial charge in [0.1, 0.15) is 13.2 Å². The highest BCUT2D eigenvalue weighted by Gasteiger charge is 2.30. The number of amides is 1. The maximum Gasteiger partial charge on any atom is 0.260 e. The summed E-state index contributed by atoms with van der Waals surface area (Å²) < 4.78 is 40.4. The molecule has 0 N–H and O–H groups in total. The molecule has 1 aromatic heterocycles. The summed E-state index contributed by atoms with van der Waals surface area (Å²) in [6.07, 6.45) is 5.79. The van der Waals surface area contributed by atoms with E-state index in [1.165, 1.54) is 15.6 Å². The Labute approximate surface area is 246 Å². The Balaban J connectivity index is 0.00000370. The molecular formula is C28H37ClN4O5S2. The van der Waals surface area contributed by atoms with Crippen LogP contribution in [0.4, 0.5) is 5.13 Å². The van der Waals surface area contributed by atoms with Gasteiger partial charge in [0.25, 0.3) is 5.91 Å². The van der Waals surface area contributed by atoms with E-state index >= 15 is 0 Å². The topological polar surface area (TPSA) is 92.3 Å². The molecule has 1 amide bonds. The van der Waals surface area contributed by atoms with Gasteiger partial charge in [-0.1, -0.05) is 30.6 Å². The molecule has 0 spiro atoms. The number of thiazole rings is 1. The molecule has 0 atom stereocenters. The zero-order chi connectivity index (χ0) is 27.6. The number of benzene rings is 2. The smallest absolute Gasteiger partial charge is 0.260 e. The molecule has 1 aliphatic carbocycles. The fourth-order valence-corrected chi connectivity index (χ4v) is 7.55. The first-order valence-corrected chi connectivity index (χ1v) is 15.7. The van der Waals surface area contributed by atoms with Crippen LogP contribution in [0.1, 0.15) is 48.9 Å². The second-order valence-corrected chi connectivity index (χ2v) is 13.4. The van der Waals surface area contributed by atoms with E-state index in [1.807, 2.05) is 26.2 Å². The Bertz CT molecular complexity index is 1380. The van der Waals surface area contributed by atoms with Crippen LogP contribution < -0.4 is 14.4 Å². The van der Waals surface area contributed by atoms with Gasteiger partial charge < -0.3 is 14.4 Å². The lowest BCUT2D eigenvalue weighted by molar-refractivity contribution is 0.0986. The van der Waals surface area contributed by atoms with E-state index in [9.17, 15) is 13.2 Å². The van der Waals surface area contributed by atoms with Crippen LogP contribution in [0.5, 0.6) is 11.5 Å². The monoisotopic (exact) mass is 608 g/mol. The van der Waals surface area contributed by atoms with Crippen LogP contribution in [0.3, 0.4) is 0 Å². The van der Waals surface area contributed by atoms with Gasteiger partial charge in [-0.2, -0.15) is 4.31 Å². The lowest BCUT2D eigenvalue weighted by Gasteiger charge is -2.30. The largest absolute Gasteiger partial charge is 0.486 e. The molecule has 2 heterocycles. The molecule has 0 unspecified atom stereocenters. The third-order valence-electron chi connectivity index (χ3n) is 7.37. The highest BCUT2D eigenvalue weighted by atomic mass is 35.5.